The van der Waals surface area contributed by atoms with Gasteiger partial charge < -0.3 is 15.4 Å². The molecular weight excluding hydrogens is 350 g/mol. The van der Waals surface area contributed by atoms with E-state index in [2.05, 4.69) is 44.6 Å². The number of methoxy groups -OCH3 is 1. The van der Waals surface area contributed by atoms with Crippen LogP contribution in [0.25, 0.3) is 10.9 Å². The van der Waals surface area contributed by atoms with Gasteiger partial charge in [0.1, 0.15) is 11.6 Å². The van der Waals surface area contributed by atoms with Gasteiger partial charge in [-0.15, -0.1) is 0 Å². The highest BCUT2D eigenvalue weighted by Crippen LogP contribution is 2.24. The van der Waals surface area contributed by atoms with Crippen molar-refractivity contribution in [3.8, 4) is 5.75 Å². The van der Waals surface area contributed by atoms with Crippen molar-refractivity contribution in [3.05, 3.63) is 78.1 Å². The quantitative estimate of drug-likeness (QED) is 0.512. The van der Waals surface area contributed by atoms with Crippen LogP contribution in [-0.2, 0) is 6.54 Å². The van der Waals surface area contributed by atoms with Crippen molar-refractivity contribution in [1.82, 2.24) is 15.0 Å². The van der Waals surface area contributed by atoms with Gasteiger partial charge in [0.25, 0.3) is 0 Å². The molecule has 2 N–H and O–H groups in total. The molecule has 4 rings (SSSR count). The predicted molar refractivity (Wildman–Crippen MR) is 112 cm³/mol. The standard InChI is InChI=1S/C22H21N5O/c1-15-5-3-4-6-16(15)13-24-22-25-14-19-20(27-22)11-12-23-21(19)26-17-7-9-18(28-2)10-8-17/h3-12,14H,13H2,1-2H3,(H,23,26)(H,24,25,27). The summed E-state index contributed by atoms with van der Waals surface area (Å²) in [7, 11) is 1.65. The summed E-state index contributed by atoms with van der Waals surface area (Å²) in [5, 5.41) is 7.48. The zero-order valence-corrected chi connectivity index (χ0v) is 15.8. The molecule has 0 saturated heterocycles. The fourth-order valence-electron chi connectivity index (χ4n) is 2.94. The molecule has 0 atom stereocenters. The van der Waals surface area contributed by atoms with Crippen LogP contribution in [0, 0.1) is 6.92 Å². The van der Waals surface area contributed by atoms with Crippen molar-refractivity contribution in [1.29, 1.82) is 0 Å². The molecule has 0 aliphatic rings. The van der Waals surface area contributed by atoms with E-state index in [1.165, 1.54) is 11.1 Å². The highest BCUT2D eigenvalue weighted by Gasteiger charge is 2.07. The Hall–Kier alpha value is -3.67. The number of aryl methyl sites for hydroxylation is 1. The van der Waals surface area contributed by atoms with Gasteiger partial charge in [-0.05, 0) is 48.4 Å². The Kier molecular flexibility index (Phi) is 5.01. The Balaban J connectivity index is 1.54. The van der Waals surface area contributed by atoms with Gasteiger partial charge in [-0.1, -0.05) is 24.3 Å². The second-order valence-electron chi connectivity index (χ2n) is 6.42. The van der Waals surface area contributed by atoms with Crippen LogP contribution >= 0.6 is 0 Å². The molecule has 2 aromatic heterocycles. The third kappa shape index (κ3) is 3.86. The summed E-state index contributed by atoms with van der Waals surface area (Å²) in [6.07, 6.45) is 3.54. The number of hydrogen-bond donors (Lipinski definition) is 2. The first-order chi connectivity index (χ1) is 13.7. The molecule has 0 fully saturated rings. The fourth-order valence-corrected chi connectivity index (χ4v) is 2.94. The molecule has 0 spiro atoms. The molecule has 0 saturated carbocycles. The van der Waals surface area contributed by atoms with Crippen LogP contribution in [0.4, 0.5) is 17.5 Å². The first-order valence-corrected chi connectivity index (χ1v) is 9.04. The highest BCUT2D eigenvalue weighted by molar-refractivity contribution is 5.90. The number of hydrogen-bond acceptors (Lipinski definition) is 6. The van der Waals surface area contributed by atoms with Gasteiger partial charge in [-0.25, -0.2) is 15.0 Å². The Morgan fingerprint density at radius 1 is 0.964 bits per heavy atom. The first-order valence-electron chi connectivity index (χ1n) is 9.04. The minimum atomic E-state index is 0.595. The van der Waals surface area contributed by atoms with Gasteiger partial charge in [-0.3, -0.25) is 0 Å². The lowest BCUT2D eigenvalue weighted by atomic mass is 10.1. The summed E-state index contributed by atoms with van der Waals surface area (Å²) in [5.74, 6) is 2.12. The maximum atomic E-state index is 5.19. The maximum absolute atomic E-state index is 5.19. The van der Waals surface area contributed by atoms with Crippen LogP contribution in [0.15, 0.2) is 67.0 Å². The third-order valence-corrected chi connectivity index (χ3v) is 4.56. The van der Waals surface area contributed by atoms with Gasteiger partial charge >= 0.3 is 0 Å². The summed E-state index contributed by atoms with van der Waals surface area (Å²) in [6, 6.07) is 17.8. The van der Waals surface area contributed by atoms with Gasteiger partial charge in [0.15, 0.2) is 0 Å². The average molecular weight is 371 g/mol. The van der Waals surface area contributed by atoms with E-state index in [9.17, 15) is 0 Å². The third-order valence-electron chi connectivity index (χ3n) is 4.56. The molecular formula is C22H21N5O. The van der Waals surface area contributed by atoms with Gasteiger partial charge in [-0.2, -0.15) is 0 Å². The lowest BCUT2D eigenvalue weighted by molar-refractivity contribution is 0.415. The minimum Gasteiger partial charge on any atom is -0.497 e. The maximum Gasteiger partial charge on any atom is 0.223 e. The Labute approximate surface area is 163 Å². The number of anilines is 3. The smallest absolute Gasteiger partial charge is 0.223 e. The lowest BCUT2D eigenvalue weighted by Crippen LogP contribution is -2.05. The van der Waals surface area contributed by atoms with E-state index in [4.69, 9.17) is 4.74 Å². The normalized spacial score (nSPS) is 10.6. The molecule has 0 radical (unpaired) electrons. The highest BCUT2D eigenvalue weighted by atomic mass is 16.5. The van der Waals surface area contributed by atoms with Crippen molar-refractivity contribution in [3.63, 3.8) is 0 Å². The molecule has 6 heteroatoms. The van der Waals surface area contributed by atoms with Crippen LogP contribution in [0.1, 0.15) is 11.1 Å². The molecule has 140 valence electrons. The number of benzene rings is 2. The minimum absolute atomic E-state index is 0.595. The number of ether oxygens (including phenoxy) is 1. The van der Waals surface area contributed by atoms with E-state index in [1.807, 2.05) is 42.5 Å². The number of pyridine rings is 1. The van der Waals surface area contributed by atoms with Crippen molar-refractivity contribution in [2.24, 2.45) is 0 Å². The second-order valence-corrected chi connectivity index (χ2v) is 6.42. The van der Waals surface area contributed by atoms with Crippen molar-refractivity contribution < 1.29 is 4.74 Å². The SMILES string of the molecule is COc1ccc(Nc2nccc3nc(NCc4ccccc4C)ncc23)cc1. The lowest BCUT2D eigenvalue weighted by Gasteiger charge is -2.11. The van der Waals surface area contributed by atoms with Crippen LogP contribution in [0.5, 0.6) is 5.75 Å². The first kappa shape index (κ1) is 17.7. The molecule has 6 nitrogen and oxygen atoms in total. The zero-order chi connectivity index (χ0) is 19.3. The van der Waals surface area contributed by atoms with Gasteiger partial charge in [0, 0.05) is 24.6 Å². The van der Waals surface area contributed by atoms with Crippen molar-refractivity contribution in [2.75, 3.05) is 17.7 Å². The van der Waals surface area contributed by atoms with E-state index in [-0.39, 0.29) is 0 Å². The average Bonchev–Trinajstić information content (AvgIpc) is 2.74. The summed E-state index contributed by atoms with van der Waals surface area (Å²) >= 11 is 0. The van der Waals surface area contributed by atoms with Crippen molar-refractivity contribution >= 4 is 28.4 Å². The second kappa shape index (κ2) is 7.92. The van der Waals surface area contributed by atoms with Crippen LogP contribution in [0.3, 0.4) is 0 Å². The van der Waals surface area contributed by atoms with E-state index >= 15 is 0 Å². The van der Waals surface area contributed by atoms with E-state index < -0.39 is 0 Å². The molecule has 4 aromatic rings. The topological polar surface area (TPSA) is 72.0 Å². The van der Waals surface area contributed by atoms with E-state index in [0.717, 1.165) is 22.3 Å². The van der Waals surface area contributed by atoms with Crippen molar-refractivity contribution in [2.45, 2.75) is 13.5 Å². The largest absolute Gasteiger partial charge is 0.497 e. The van der Waals surface area contributed by atoms with Crippen LogP contribution < -0.4 is 15.4 Å². The number of nitrogens with zero attached hydrogens (tertiary/aromatic N) is 3. The summed E-state index contributed by atoms with van der Waals surface area (Å²) in [6.45, 7) is 2.78. The van der Waals surface area contributed by atoms with E-state index in [1.54, 1.807) is 19.5 Å². The number of nitrogens with one attached hydrogen (secondary N) is 2. The Morgan fingerprint density at radius 3 is 2.57 bits per heavy atom. The fraction of sp³-hybridized carbons (Fsp3) is 0.136. The number of aromatic nitrogens is 3. The number of rotatable bonds is 6. The Bertz CT molecular complexity index is 1100. The summed E-state index contributed by atoms with van der Waals surface area (Å²) in [4.78, 5) is 13.5. The molecule has 0 unspecified atom stereocenters. The van der Waals surface area contributed by atoms with Gasteiger partial charge in [0.2, 0.25) is 5.95 Å². The molecule has 0 amide bonds. The van der Waals surface area contributed by atoms with Crippen LogP contribution in [-0.4, -0.2) is 22.1 Å². The molecule has 0 bridgehead atoms. The van der Waals surface area contributed by atoms with E-state index in [0.29, 0.717) is 18.3 Å². The molecule has 28 heavy (non-hydrogen) atoms. The number of fused-ring (bicyclic) bond motifs is 1. The summed E-state index contributed by atoms with van der Waals surface area (Å²) in [5.41, 5.74) is 4.21. The monoisotopic (exact) mass is 371 g/mol. The molecule has 2 heterocycles. The zero-order valence-electron chi connectivity index (χ0n) is 15.8. The molecule has 2 aromatic carbocycles. The van der Waals surface area contributed by atoms with Gasteiger partial charge in [0.05, 0.1) is 18.0 Å². The Morgan fingerprint density at radius 2 is 1.79 bits per heavy atom. The molecule has 0 aliphatic heterocycles. The predicted octanol–water partition coefficient (Wildman–Crippen LogP) is 4.70. The molecule has 0 aliphatic carbocycles. The van der Waals surface area contributed by atoms with Crippen LogP contribution in [0.2, 0.25) is 0 Å². The summed E-state index contributed by atoms with van der Waals surface area (Å²) < 4.78 is 5.19.